The van der Waals surface area contributed by atoms with E-state index in [1.54, 1.807) is 17.8 Å². The summed E-state index contributed by atoms with van der Waals surface area (Å²) in [4.78, 5) is 11.9. The van der Waals surface area contributed by atoms with E-state index in [9.17, 15) is 4.79 Å². The average Bonchev–Trinajstić information content (AvgIpc) is 3.04. The van der Waals surface area contributed by atoms with Crippen molar-refractivity contribution in [1.82, 2.24) is 10.5 Å². The van der Waals surface area contributed by atoms with Gasteiger partial charge < -0.3 is 9.84 Å². The fraction of sp³-hybridized carbons (Fsp3) is 0.222. The van der Waals surface area contributed by atoms with Gasteiger partial charge in [0, 0.05) is 24.8 Å². The number of fused-ring (bicyclic) bond motifs is 1. The molecule has 0 radical (unpaired) electrons. The Balaban J connectivity index is 1.74. The number of nitrogens with zero attached hydrogens (tertiary/aromatic N) is 1. The molecular weight excluding hydrogens is 308 g/mol. The Morgan fingerprint density at radius 2 is 2.04 bits per heavy atom. The maximum atomic E-state index is 11.9. The molecule has 0 spiro atoms. The highest BCUT2D eigenvalue weighted by atomic mass is 32.2. The quantitative estimate of drug-likeness (QED) is 0.704. The summed E-state index contributed by atoms with van der Waals surface area (Å²) in [7, 11) is 0. The molecule has 3 rings (SSSR count). The minimum atomic E-state index is -0.212. The zero-order chi connectivity index (χ0) is 16.1. The van der Waals surface area contributed by atoms with Crippen molar-refractivity contribution in [3.63, 3.8) is 0 Å². The van der Waals surface area contributed by atoms with Crippen molar-refractivity contribution in [1.29, 1.82) is 0 Å². The van der Waals surface area contributed by atoms with Crippen molar-refractivity contribution in [3.8, 4) is 0 Å². The molecule has 1 amide bonds. The first-order valence-corrected chi connectivity index (χ1v) is 8.86. The zero-order valence-corrected chi connectivity index (χ0v) is 13.7. The van der Waals surface area contributed by atoms with E-state index >= 15 is 0 Å². The third kappa shape index (κ3) is 3.74. The number of hydrogen-bond donors (Lipinski definition) is 1. The molecule has 2 aromatic carbocycles. The van der Waals surface area contributed by atoms with Crippen LogP contribution in [0.5, 0.6) is 0 Å². The Kier molecular flexibility index (Phi) is 4.98. The fourth-order valence-electron chi connectivity index (χ4n) is 2.50. The van der Waals surface area contributed by atoms with Crippen LogP contribution in [-0.4, -0.2) is 29.6 Å². The molecule has 3 aromatic rings. The molecule has 0 bridgehead atoms. The molecule has 0 aliphatic carbocycles. The molecular formula is C18H18N2O2S. The maximum Gasteiger partial charge on any atom is 0.289 e. The number of aromatic nitrogens is 1. The maximum absolute atomic E-state index is 11.9. The van der Waals surface area contributed by atoms with Crippen LogP contribution in [0.1, 0.15) is 21.8 Å². The molecule has 1 N–H and O–H groups in total. The van der Waals surface area contributed by atoms with Gasteiger partial charge >= 0.3 is 0 Å². The Morgan fingerprint density at radius 1 is 1.22 bits per heavy atom. The molecule has 1 heterocycles. The summed E-state index contributed by atoms with van der Waals surface area (Å²) in [6, 6.07) is 16.2. The van der Waals surface area contributed by atoms with Crippen molar-refractivity contribution in [3.05, 3.63) is 65.5 Å². The highest BCUT2D eigenvalue weighted by Crippen LogP contribution is 2.21. The van der Waals surface area contributed by atoms with Gasteiger partial charge in [0.05, 0.1) is 5.69 Å². The van der Waals surface area contributed by atoms with E-state index in [0.717, 1.165) is 11.4 Å². The molecule has 0 aliphatic rings. The smallest absolute Gasteiger partial charge is 0.289 e. The van der Waals surface area contributed by atoms with Crippen molar-refractivity contribution < 1.29 is 9.32 Å². The van der Waals surface area contributed by atoms with E-state index in [4.69, 9.17) is 4.52 Å². The van der Waals surface area contributed by atoms with Gasteiger partial charge in [0.1, 0.15) is 0 Å². The summed E-state index contributed by atoms with van der Waals surface area (Å²) >= 11 is 1.69. The number of benzene rings is 2. The van der Waals surface area contributed by atoms with E-state index in [2.05, 4.69) is 34.7 Å². The molecule has 0 fully saturated rings. The van der Waals surface area contributed by atoms with Crippen LogP contribution in [0.4, 0.5) is 0 Å². The Labute approximate surface area is 139 Å². The van der Waals surface area contributed by atoms with Gasteiger partial charge in [-0.1, -0.05) is 47.6 Å². The summed E-state index contributed by atoms with van der Waals surface area (Å²) in [6.07, 6.45) is 2.64. The van der Waals surface area contributed by atoms with E-state index in [0.29, 0.717) is 13.0 Å². The lowest BCUT2D eigenvalue weighted by Gasteiger charge is -2.04. The van der Waals surface area contributed by atoms with Crippen LogP contribution in [0.25, 0.3) is 10.8 Å². The number of hydrogen-bond acceptors (Lipinski definition) is 4. The highest BCUT2D eigenvalue weighted by molar-refractivity contribution is 7.98. The topological polar surface area (TPSA) is 55.1 Å². The molecule has 0 saturated heterocycles. The number of rotatable bonds is 6. The first-order chi connectivity index (χ1) is 11.3. The number of carbonyl (C=O) groups is 1. The summed E-state index contributed by atoms with van der Waals surface area (Å²) in [5.74, 6) is 0.931. The SMILES string of the molecule is CSCCNC(=O)c1cc(Cc2cccc3ccccc23)no1. The van der Waals surface area contributed by atoms with Crippen molar-refractivity contribution in [2.75, 3.05) is 18.6 Å². The third-order valence-corrected chi connectivity index (χ3v) is 4.24. The van der Waals surface area contributed by atoms with Gasteiger partial charge in [0.2, 0.25) is 5.76 Å². The number of amides is 1. The predicted octanol–water partition coefficient (Wildman–Crippen LogP) is 3.51. The van der Waals surface area contributed by atoms with Gasteiger partial charge in [0.15, 0.2) is 0 Å². The average molecular weight is 326 g/mol. The van der Waals surface area contributed by atoms with E-state index in [1.165, 1.54) is 16.3 Å². The number of nitrogens with one attached hydrogen (secondary N) is 1. The first-order valence-electron chi connectivity index (χ1n) is 7.47. The molecule has 1 aromatic heterocycles. The molecule has 5 heteroatoms. The summed E-state index contributed by atoms with van der Waals surface area (Å²) < 4.78 is 5.17. The second kappa shape index (κ2) is 7.33. The Hall–Kier alpha value is -2.27. The van der Waals surface area contributed by atoms with Crippen LogP contribution in [0.3, 0.4) is 0 Å². The Morgan fingerprint density at radius 3 is 2.91 bits per heavy atom. The summed E-state index contributed by atoms with van der Waals surface area (Å²) in [5.41, 5.74) is 1.93. The molecule has 0 saturated carbocycles. The molecule has 0 unspecified atom stereocenters. The standard InChI is InChI=1S/C18H18N2O2S/c1-23-10-9-19-18(21)17-12-15(20-22-17)11-14-7-4-6-13-5-2-3-8-16(13)14/h2-8,12H,9-11H2,1H3,(H,19,21). The minimum absolute atomic E-state index is 0.212. The zero-order valence-electron chi connectivity index (χ0n) is 12.9. The second-order valence-electron chi connectivity index (χ2n) is 5.25. The minimum Gasteiger partial charge on any atom is -0.351 e. The molecule has 23 heavy (non-hydrogen) atoms. The predicted molar refractivity (Wildman–Crippen MR) is 94.0 cm³/mol. The molecule has 0 aliphatic heterocycles. The first kappa shape index (κ1) is 15.6. The lowest BCUT2D eigenvalue weighted by Crippen LogP contribution is -2.25. The van der Waals surface area contributed by atoms with Gasteiger partial charge in [-0.05, 0) is 22.6 Å². The fourth-order valence-corrected chi connectivity index (χ4v) is 2.80. The van der Waals surface area contributed by atoms with E-state index in [1.807, 2.05) is 24.5 Å². The van der Waals surface area contributed by atoms with E-state index in [-0.39, 0.29) is 11.7 Å². The molecule has 0 atom stereocenters. The lowest BCUT2D eigenvalue weighted by molar-refractivity contribution is 0.0919. The van der Waals surface area contributed by atoms with E-state index < -0.39 is 0 Å². The van der Waals surface area contributed by atoms with Crippen molar-refractivity contribution >= 4 is 28.4 Å². The van der Waals surface area contributed by atoms with Gasteiger partial charge in [-0.25, -0.2) is 0 Å². The summed E-state index contributed by atoms with van der Waals surface area (Å²) in [5, 5.41) is 9.24. The van der Waals surface area contributed by atoms with Gasteiger partial charge in [-0.15, -0.1) is 0 Å². The van der Waals surface area contributed by atoms with Crippen LogP contribution < -0.4 is 5.32 Å². The number of carbonyl (C=O) groups excluding carboxylic acids is 1. The number of thioether (sulfide) groups is 1. The van der Waals surface area contributed by atoms with Crippen LogP contribution in [-0.2, 0) is 6.42 Å². The van der Waals surface area contributed by atoms with Gasteiger partial charge in [-0.2, -0.15) is 11.8 Å². The lowest BCUT2D eigenvalue weighted by atomic mass is 10.0. The van der Waals surface area contributed by atoms with Crippen LogP contribution in [0.2, 0.25) is 0 Å². The van der Waals surface area contributed by atoms with Crippen molar-refractivity contribution in [2.24, 2.45) is 0 Å². The molecule has 118 valence electrons. The Bertz CT molecular complexity index is 808. The van der Waals surface area contributed by atoms with Crippen LogP contribution in [0.15, 0.2) is 53.1 Å². The van der Waals surface area contributed by atoms with Gasteiger partial charge in [0.25, 0.3) is 5.91 Å². The summed E-state index contributed by atoms with van der Waals surface area (Å²) in [6.45, 7) is 0.624. The van der Waals surface area contributed by atoms with Gasteiger partial charge in [-0.3, -0.25) is 4.79 Å². The van der Waals surface area contributed by atoms with Crippen LogP contribution >= 0.6 is 11.8 Å². The monoisotopic (exact) mass is 326 g/mol. The van der Waals surface area contributed by atoms with Crippen LogP contribution in [0, 0.1) is 0 Å². The third-order valence-electron chi connectivity index (χ3n) is 3.63. The molecule has 4 nitrogen and oxygen atoms in total. The normalized spacial score (nSPS) is 10.8. The highest BCUT2D eigenvalue weighted by Gasteiger charge is 2.13. The second-order valence-corrected chi connectivity index (χ2v) is 6.23. The largest absolute Gasteiger partial charge is 0.351 e. The van der Waals surface area contributed by atoms with Crippen molar-refractivity contribution in [2.45, 2.75) is 6.42 Å².